The summed E-state index contributed by atoms with van der Waals surface area (Å²) in [6, 6.07) is 8.16. The van der Waals surface area contributed by atoms with E-state index in [0.717, 1.165) is 45.8 Å². The maximum absolute atomic E-state index is 6.17. The van der Waals surface area contributed by atoms with E-state index < -0.39 is 0 Å². The fourth-order valence-corrected chi connectivity index (χ4v) is 3.54. The van der Waals surface area contributed by atoms with Gasteiger partial charge in [0.15, 0.2) is 11.0 Å². The van der Waals surface area contributed by atoms with Gasteiger partial charge >= 0.3 is 0 Å². The zero-order chi connectivity index (χ0) is 15.7. The molecule has 2 N–H and O–H groups in total. The normalized spacial score (nSPS) is 11.8. The topological polar surface area (TPSA) is 56.7 Å². The van der Waals surface area contributed by atoms with Gasteiger partial charge < -0.3 is 10.3 Å². The van der Waals surface area contributed by atoms with Gasteiger partial charge in [-0.15, -0.1) is 0 Å². The lowest BCUT2D eigenvalue weighted by Crippen LogP contribution is -2.06. The Balaban J connectivity index is 2.32. The molecule has 5 heteroatoms. The third kappa shape index (κ3) is 2.65. The average Bonchev–Trinajstić information content (AvgIpc) is 2.84. The minimum absolute atomic E-state index is 0.523. The minimum Gasteiger partial charge on any atom is -0.382 e. The lowest BCUT2D eigenvalue weighted by Gasteiger charge is -2.12. The van der Waals surface area contributed by atoms with Crippen molar-refractivity contribution < 1.29 is 0 Å². The fourth-order valence-electron chi connectivity index (χ4n) is 2.68. The molecule has 0 aliphatic rings. The van der Waals surface area contributed by atoms with Gasteiger partial charge in [0, 0.05) is 17.7 Å². The van der Waals surface area contributed by atoms with Crippen molar-refractivity contribution in [1.82, 2.24) is 14.5 Å². The van der Waals surface area contributed by atoms with Crippen LogP contribution in [0, 0.1) is 5.92 Å². The molecule has 0 aliphatic carbocycles. The molecular formula is C17H22N4S. The van der Waals surface area contributed by atoms with Crippen LogP contribution in [0.1, 0.15) is 27.2 Å². The highest BCUT2D eigenvalue weighted by Crippen LogP contribution is 2.32. The third-order valence-corrected chi connectivity index (χ3v) is 4.74. The van der Waals surface area contributed by atoms with E-state index in [0.29, 0.717) is 11.7 Å². The Kier molecular flexibility index (Phi) is 4.25. The summed E-state index contributed by atoms with van der Waals surface area (Å²) in [7, 11) is 0. The van der Waals surface area contributed by atoms with Crippen molar-refractivity contribution in [1.29, 1.82) is 0 Å². The van der Waals surface area contributed by atoms with Gasteiger partial charge in [-0.05, 0) is 18.4 Å². The second-order valence-corrected chi connectivity index (χ2v) is 7.02. The highest BCUT2D eigenvalue weighted by molar-refractivity contribution is 7.99. The van der Waals surface area contributed by atoms with Crippen molar-refractivity contribution in [3.05, 3.63) is 24.3 Å². The Morgan fingerprint density at radius 2 is 2.00 bits per heavy atom. The smallest absolute Gasteiger partial charge is 0.169 e. The number of nitrogens with two attached hydrogens (primary N) is 1. The Morgan fingerprint density at radius 1 is 1.23 bits per heavy atom. The van der Waals surface area contributed by atoms with Crippen molar-refractivity contribution in [3.63, 3.8) is 0 Å². The van der Waals surface area contributed by atoms with Crippen molar-refractivity contribution in [3.8, 4) is 0 Å². The zero-order valence-corrected chi connectivity index (χ0v) is 14.2. The highest BCUT2D eigenvalue weighted by atomic mass is 32.2. The van der Waals surface area contributed by atoms with Gasteiger partial charge in [0.05, 0.1) is 11.0 Å². The van der Waals surface area contributed by atoms with Crippen LogP contribution in [0.3, 0.4) is 0 Å². The van der Waals surface area contributed by atoms with Crippen LogP contribution in [0.5, 0.6) is 0 Å². The van der Waals surface area contributed by atoms with Crippen LogP contribution in [-0.2, 0) is 6.54 Å². The second-order valence-electron chi connectivity index (χ2n) is 5.96. The lowest BCUT2D eigenvalue weighted by atomic mass is 10.1. The van der Waals surface area contributed by atoms with Crippen LogP contribution < -0.4 is 5.73 Å². The number of rotatable bonds is 5. The number of aromatic nitrogens is 3. The van der Waals surface area contributed by atoms with Gasteiger partial charge in [-0.2, -0.15) is 0 Å². The first kappa shape index (κ1) is 15.2. The van der Waals surface area contributed by atoms with E-state index in [-0.39, 0.29) is 0 Å². The molecule has 0 saturated heterocycles. The molecule has 22 heavy (non-hydrogen) atoms. The largest absolute Gasteiger partial charge is 0.382 e. The first-order chi connectivity index (χ1) is 10.6. The third-order valence-electron chi connectivity index (χ3n) is 3.56. The molecule has 0 atom stereocenters. The Hall–Kier alpha value is -1.75. The van der Waals surface area contributed by atoms with E-state index in [4.69, 9.17) is 10.7 Å². The summed E-state index contributed by atoms with van der Waals surface area (Å²) in [6.07, 6.45) is 1.13. The number of anilines is 1. The molecule has 116 valence electrons. The number of nitrogen functional groups attached to an aromatic ring is 1. The number of fused-ring (bicyclic) bond motifs is 3. The summed E-state index contributed by atoms with van der Waals surface area (Å²) in [5, 5.41) is 2.18. The van der Waals surface area contributed by atoms with Gasteiger partial charge in [0.1, 0.15) is 5.52 Å². The molecule has 0 spiro atoms. The van der Waals surface area contributed by atoms with Crippen molar-refractivity contribution in [2.45, 2.75) is 38.9 Å². The molecule has 0 saturated carbocycles. The predicted molar refractivity (Wildman–Crippen MR) is 95.3 cm³/mol. The molecular weight excluding hydrogens is 292 g/mol. The maximum Gasteiger partial charge on any atom is 0.169 e. The molecule has 3 rings (SSSR count). The highest BCUT2D eigenvalue weighted by Gasteiger charge is 2.17. The van der Waals surface area contributed by atoms with Crippen molar-refractivity contribution in [2.24, 2.45) is 5.92 Å². The van der Waals surface area contributed by atoms with Crippen molar-refractivity contribution >= 4 is 39.5 Å². The van der Waals surface area contributed by atoms with E-state index in [1.165, 1.54) is 0 Å². The van der Waals surface area contributed by atoms with Crippen LogP contribution in [0.25, 0.3) is 21.9 Å². The quantitative estimate of drug-likeness (QED) is 0.712. The Morgan fingerprint density at radius 3 is 2.73 bits per heavy atom. The number of hydrogen-bond acceptors (Lipinski definition) is 4. The first-order valence-electron chi connectivity index (χ1n) is 7.79. The monoisotopic (exact) mass is 314 g/mol. The number of hydrogen-bond donors (Lipinski definition) is 1. The van der Waals surface area contributed by atoms with Crippen LogP contribution >= 0.6 is 11.8 Å². The lowest BCUT2D eigenvalue weighted by molar-refractivity contribution is 0.505. The van der Waals surface area contributed by atoms with Gasteiger partial charge in [-0.1, -0.05) is 50.7 Å². The van der Waals surface area contributed by atoms with E-state index >= 15 is 0 Å². The molecule has 0 bridgehead atoms. The summed E-state index contributed by atoms with van der Waals surface area (Å²) < 4.78 is 2.32. The van der Waals surface area contributed by atoms with E-state index in [1.807, 2.05) is 18.2 Å². The van der Waals surface area contributed by atoms with Crippen molar-refractivity contribution in [2.75, 3.05) is 11.5 Å². The molecule has 2 aromatic heterocycles. The number of benzene rings is 1. The molecule has 0 fully saturated rings. The number of para-hydroxylation sites is 1. The standard InChI is InChI=1S/C17H22N4S/c1-4-9-22-17-20-14-15(21(17)10-11(2)3)12-7-5-6-8-13(12)19-16(14)18/h5-8,11H,4,9-10H2,1-3H3,(H2,18,19). The Bertz CT molecular complexity index is 807. The maximum atomic E-state index is 6.17. The van der Waals surface area contributed by atoms with E-state index in [1.54, 1.807) is 11.8 Å². The molecule has 1 aromatic carbocycles. The number of imidazole rings is 1. The number of thioether (sulfide) groups is 1. The number of pyridine rings is 1. The predicted octanol–water partition coefficient (Wildman–Crippen LogP) is 4.32. The van der Waals surface area contributed by atoms with Gasteiger partial charge in [-0.3, -0.25) is 0 Å². The Labute approximate surface area is 135 Å². The summed E-state index contributed by atoms with van der Waals surface area (Å²) >= 11 is 1.80. The molecule has 0 unspecified atom stereocenters. The molecule has 4 nitrogen and oxygen atoms in total. The summed E-state index contributed by atoms with van der Waals surface area (Å²) in [4.78, 5) is 9.30. The zero-order valence-electron chi connectivity index (χ0n) is 13.3. The molecule has 0 amide bonds. The van der Waals surface area contributed by atoms with Gasteiger partial charge in [-0.25, -0.2) is 9.97 Å². The van der Waals surface area contributed by atoms with E-state index in [9.17, 15) is 0 Å². The SMILES string of the molecule is CCCSc1nc2c(N)nc3ccccc3c2n1CC(C)C. The number of nitrogens with zero attached hydrogens (tertiary/aromatic N) is 3. The van der Waals surface area contributed by atoms with Gasteiger partial charge in [0.25, 0.3) is 0 Å². The first-order valence-corrected chi connectivity index (χ1v) is 8.77. The summed E-state index contributed by atoms with van der Waals surface area (Å²) in [6.45, 7) is 7.59. The van der Waals surface area contributed by atoms with Crippen LogP contribution in [0.4, 0.5) is 5.82 Å². The molecule has 0 radical (unpaired) electrons. The minimum atomic E-state index is 0.523. The van der Waals surface area contributed by atoms with E-state index in [2.05, 4.69) is 36.4 Å². The second kappa shape index (κ2) is 6.16. The van der Waals surface area contributed by atoms with Crippen LogP contribution in [0.2, 0.25) is 0 Å². The average molecular weight is 314 g/mol. The summed E-state index contributed by atoms with van der Waals surface area (Å²) in [5.41, 5.74) is 9.05. The molecule has 0 aliphatic heterocycles. The molecule has 2 heterocycles. The fraction of sp³-hybridized carbons (Fsp3) is 0.412. The summed E-state index contributed by atoms with van der Waals surface area (Å²) in [5.74, 6) is 2.13. The van der Waals surface area contributed by atoms with Gasteiger partial charge in [0.2, 0.25) is 0 Å². The van der Waals surface area contributed by atoms with Crippen LogP contribution in [-0.4, -0.2) is 20.3 Å². The molecule has 3 aromatic rings. The van der Waals surface area contributed by atoms with Crippen LogP contribution in [0.15, 0.2) is 29.4 Å².